The van der Waals surface area contributed by atoms with Gasteiger partial charge in [-0.05, 0) is 38.9 Å². The number of aliphatic imine (C=N–C) groups is 1. The summed E-state index contributed by atoms with van der Waals surface area (Å²) in [5.41, 5.74) is 0. The van der Waals surface area contributed by atoms with Crippen LogP contribution < -0.4 is 0 Å². The highest BCUT2D eigenvalue weighted by Crippen LogP contribution is 2.08. The lowest BCUT2D eigenvalue weighted by Crippen LogP contribution is -2.24. The molecule has 0 atom stereocenters. The molecule has 0 spiro atoms. The van der Waals surface area contributed by atoms with Crippen LogP contribution in [0.25, 0.3) is 0 Å². The van der Waals surface area contributed by atoms with Gasteiger partial charge in [0.15, 0.2) is 0 Å². The van der Waals surface area contributed by atoms with Gasteiger partial charge in [-0.3, -0.25) is 9.89 Å². The third-order valence-corrected chi connectivity index (χ3v) is 2.36. The van der Waals surface area contributed by atoms with Crippen molar-refractivity contribution in [1.29, 1.82) is 0 Å². The predicted molar refractivity (Wildman–Crippen MR) is 58.2 cm³/mol. The molecule has 74 valence electrons. The lowest BCUT2D eigenvalue weighted by molar-refractivity contribution is 0.295. The number of likely N-dealkylation sites (tertiary alicyclic amines) is 1. The summed E-state index contributed by atoms with van der Waals surface area (Å²) in [4.78, 5) is 6.78. The number of allylic oxidation sites excluding steroid dienone is 2. The maximum absolute atomic E-state index is 4.34. The minimum absolute atomic E-state index is 0.879. The third-order valence-electron chi connectivity index (χ3n) is 2.36. The van der Waals surface area contributed by atoms with Gasteiger partial charge in [-0.15, -0.1) is 0 Å². The molecule has 0 aromatic rings. The molecular formula is C11H20N2. The molecule has 1 fully saturated rings. The summed E-state index contributed by atoms with van der Waals surface area (Å²) in [6.45, 7) is 5.35. The smallest absolute Gasteiger partial charge is 0.0909 e. The molecule has 2 heteroatoms. The van der Waals surface area contributed by atoms with Crippen molar-refractivity contribution in [2.45, 2.75) is 32.6 Å². The van der Waals surface area contributed by atoms with Crippen LogP contribution in [0, 0.1) is 0 Å². The van der Waals surface area contributed by atoms with E-state index >= 15 is 0 Å². The van der Waals surface area contributed by atoms with E-state index < -0.39 is 0 Å². The highest BCUT2D eigenvalue weighted by molar-refractivity contribution is 5.70. The van der Waals surface area contributed by atoms with Crippen LogP contribution in [-0.4, -0.2) is 30.9 Å². The quantitative estimate of drug-likeness (QED) is 0.609. The van der Waals surface area contributed by atoms with Gasteiger partial charge in [0.25, 0.3) is 0 Å². The lowest BCUT2D eigenvalue weighted by atomic mass is 10.2. The van der Waals surface area contributed by atoms with Crippen molar-refractivity contribution >= 4 is 6.21 Å². The Balaban J connectivity index is 2.18. The fourth-order valence-corrected chi connectivity index (χ4v) is 1.59. The van der Waals surface area contributed by atoms with E-state index in [9.17, 15) is 0 Å². The van der Waals surface area contributed by atoms with Crippen molar-refractivity contribution in [1.82, 2.24) is 4.90 Å². The monoisotopic (exact) mass is 180 g/mol. The molecule has 0 radical (unpaired) electrons. The normalized spacial score (nSPS) is 21.3. The van der Waals surface area contributed by atoms with Crippen molar-refractivity contribution in [2.75, 3.05) is 19.8 Å². The number of hydrogen-bond donors (Lipinski definition) is 0. The van der Waals surface area contributed by atoms with Gasteiger partial charge < -0.3 is 0 Å². The maximum atomic E-state index is 4.34. The van der Waals surface area contributed by atoms with Gasteiger partial charge in [-0.1, -0.05) is 18.9 Å². The molecule has 0 unspecified atom stereocenters. The van der Waals surface area contributed by atoms with Gasteiger partial charge in [0.2, 0.25) is 0 Å². The molecule has 0 bridgehead atoms. The second kappa shape index (κ2) is 6.84. The molecule has 1 heterocycles. The summed E-state index contributed by atoms with van der Waals surface area (Å²) >= 11 is 0. The van der Waals surface area contributed by atoms with E-state index in [0.29, 0.717) is 0 Å². The Hall–Kier alpha value is -0.630. The number of rotatable bonds is 3. The van der Waals surface area contributed by atoms with Crippen LogP contribution in [0.3, 0.4) is 0 Å². The van der Waals surface area contributed by atoms with E-state index in [-0.39, 0.29) is 0 Å². The summed E-state index contributed by atoms with van der Waals surface area (Å²) in [5, 5.41) is 0. The first-order chi connectivity index (χ1) is 6.43. The van der Waals surface area contributed by atoms with E-state index in [1.807, 2.05) is 25.3 Å². The second-order valence-corrected chi connectivity index (χ2v) is 3.53. The van der Waals surface area contributed by atoms with E-state index in [0.717, 1.165) is 6.67 Å². The molecule has 0 amide bonds. The average Bonchev–Trinajstić information content (AvgIpc) is 2.41. The van der Waals surface area contributed by atoms with Gasteiger partial charge in [0.1, 0.15) is 0 Å². The van der Waals surface area contributed by atoms with Crippen molar-refractivity contribution in [2.24, 2.45) is 4.99 Å². The van der Waals surface area contributed by atoms with Crippen LogP contribution in [0.4, 0.5) is 0 Å². The van der Waals surface area contributed by atoms with Crippen LogP contribution in [0.2, 0.25) is 0 Å². The Morgan fingerprint density at radius 1 is 1.15 bits per heavy atom. The molecule has 1 saturated heterocycles. The zero-order chi connectivity index (χ0) is 9.36. The summed E-state index contributed by atoms with van der Waals surface area (Å²) in [6.07, 6.45) is 11.4. The molecule has 0 N–H and O–H groups in total. The van der Waals surface area contributed by atoms with Crippen molar-refractivity contribution < 1.29 is 0 Å². The van der Waals surface area contributed by atoms with E-state index in [4.69, 9.17) is 0 Å². The van der Waals surface area contributed by atoms with Crippen LogP contribution in [0.5, 0.6) is 0 Å². The molecular weight excluding hydrogens is 160 g/mol. The average molecular weight is 180 g/mol. The topological polar surface area (TPSA) is 15.6 Å². The highest BCUT2D eigenvalue weighted by atomic mass is 15.2. The first-order valence-corrected chi connectivity index (χ1v) is 5.27. The molecule has 0 aliphatic carbocycles. The van der Waals surface area contributed by atoms with Gasteiger partial charge in [0.05, 0.1) is 6.67 Å². The fraction of sp³-hybridized carbons (Fsp3) is 0.727. The molecule has 1 aliphatic heterocycles. The van der Waals surface area contributed by atoms with Crippen molar-refractivity contribution in [3.8, 4) is 0 Å². The van der Waals surface area contributed by atoms with Gasteiger partial charge >= 0.3 is 0 Å². The minimum atomic E-state index is 0.879. The van der Waals surface area contributed by atoms with Crippen LogP contribution >= 0.6 is 0 Å². The second-order valence-electron chi connectivity index (χ2n) is 3.53. The maximum Gasteiger partial charge on any atom is 0.0909 e. The summed E-state index contributed by atoms with van der Waals surface area (Å²) < 4.78 is 0. The number of nitrogens with zero attached hydrogens (tertiary/aromatic N) is 2. The standard InChI is InChI=1S/C11H20N2/c1-2-3-8-12-11-13-9-6-4-5-7-10-13/h2-3,8H,4-7,9-11H2,1H3/b3-2-,12-8-. The Bertz CT molecular complexity index is 165. The Morgan fingerprint density at radius 3 is 2.46 bits per heavy atom. The molecule has 13 heavy (non-hydrogen) atoms. The highest BCUT2D eigenvalue weighted by Gasteiger charge is 2.06. The largest absolute Gasteiger partial charge is 0.284 e. The summed E-state index contributed by atoms with van der Waals surface area (Å²) in [6, 6.07) is 0. The fourth-order valence-electron chi connectivity index (χ4n) is 1.59. The Morgan fingerprint density at radius 2 is 1.85 bits per heavy atom. The predicted octanol–water partition coefficient (Wildman–Crippen LogP) is 2.47. The molecule has 0 aromatic carbocycles. The van der Waals surface area contributed by atoms with Crippen LogP contribution in [0.15, 0.2) is 17.1 Å². The zero-order valence-electron chi connectivity index (χ0n) is 8.58. The first kappa shape index (κ1) is 10.5. The molecule has 0 aromatic heterocycles. The molecule has 2 nitrogen and oxygen atoms in total. The Labute approximate surface area is 81.3 Å². The van der Waals surface area contributed by atoms with Crippen LogP contribution in [-0.2, 0) is 0 Å². The zero-order valence-corrected chi connectivity index (χ0v) is 8.58. The van der Waals surface area contributed by atoms with Gasteiger partial charge in [-0.25, -0.2) is 0 Å². The Kier molecular flexibility index (Phi) is 5.50. The molecule has 1 aliphatic rings. The van der Waals surface area contributed by atoms with Gasteiger partial charge in [-0.2, -0.15) is 0 Å². The molecule has 0 saturated carbocycles. The van der Waals surface area contributed by atoms with Gasteiger partial charge in [0, 0.05) is 6.21 Å². The van der Waals surface area contributed by atoms with E-state index in [1.54, 1.807) is 0 Å². The third kappa shape index (κ3) is 4.83. The first-order valence-electron chi connectivity index (χ1n) is 5.27. The molecule has 1 rings (SSSR count). The minimum Gasteiger partial charge on any atom is -0.284 e. The van der Waals surface area contributed by atoms with Crippen molar-refractivity contribution in [3.63, 3.8) is 0 Å². The van der Waals surface area contributed by atoms with Crippen LogP contribution in [0.1, 0.15) is 32.6 Å². The van der Waals surface area contributed by atoms with Crippen molar-refractivity contribution in [3.05, 3.63) is 12.2 Å². The van der Waals surface area contributed by atoms with E-state index in [1.165, 1.54) is 38.8 Å². The SMILES string of the molecule is C/C=C\C=N/CN1CCCCCC1. The number of hydrogen-bond acceptors (Lipinski definition) is 2. The summed E-state index contributed by atoms with van der Waals surface area (Å²) in [5.74, 6) is 0. The van der Waals surface area contributed by atoms with E-state index in [2.05, 4.69) is 9.89 Å². The summed E-state index contributed by atoms with van der Waals surface area (Å²) in [7, 11) is 0. The lowest BCUT2D eigenvalue weighted by Gasteiger charge is -2.16.